The van der Waals surface area contributed by atoms with E-state index >= 15 is 0 Å². The minimum Gasteiger partial charge on any atom is -0.284 e. The van der Waals surface area contributed by atoms with E-state index in [1.54, 1.807) is 6.33 Å². The maximum Gasteiger partial charge on any atom is 0.137 e. The highest BCUT2D eigenvalue weighted by Crippen LogP contribution is 2.19. The fourth-order valence-corrected chi connectivity index (χ4v) is 3.27. The molecule has 0 radical (unpaired) electrons. The van der Waals surface area contributed by atoms with Gasteiger partial charge in [0.25, 0.3) is 0 Å². The number of hydrogen-bond acceptors (Lipinski definition) is 3. The van der Waals surface area contributed by atoms with Gasteiger partial charge in [-0.2, -0.15) is 5.10 Å². The molecule has 0 aromatic carbocycles. The van der Waals surface area contributed by atoms with Crippen LogP contribution in [0.5, 0.6) is 0 Å². The molecule has 1 aromatic heterocycles. The minimum atomic E-state index is 0.808. The number of hydrogen-bond donors (Lipinski definition) is 0. The van der Waals surface area contributed by atoms with Crippen molar-refractivity contribution in [3.05, 3.63) is 12.7 Å². The van der Waals surface area contributed by atoms with E-state index in [-0.39, 0.29) is 0 Å². The standard InChI is InChI=1S/C19H38N4/c1-5-9-11-18(7-3)13-22(17-23-16-20-15-21-23)14-19(8-4)12-10-6-2/h15-16,18-19H,5-14,17H2,1-4H3/t18-,19?/m0/s1. The highest BCUT2D eigenvalue weighted by Gasteiger charge is 2.17. The molecule has 23 heavy (non-hydrogen) atoms. The second-order valence-electron chi connectivity index (χ2n) is 6.95. The molecule has 0 fully saturated rings. The van der Waals surface area contributed by atoms with Crippen molar-refractivity contribution in [1.82, 2.24) is 19.7 Å². The molecule has 1 heterocycles. The van der Waals surface area contributed by atoms with Gasteiger partial charge in [0, 0.05) is 13.1 Å². The Kier molecular flexibility index (Phi) is 11.0. The summed E-state index contributed by atoms with van der Waals surface area (Å²) in [5.74, 6) is 1.62. The topological polar surface area (TPSA) is 34.0 Å². The van der Waals surface area contributed by atoms with Gasteiger partial charge >= 0.3 is 0 Å². The largest absolute Gasteiger partial charge is 0.284 e. The van der Waals surface area contributed by atoms with E-state index in [9.17, 15) is 0 Å². The van der Waals surface area contributed by atoms with Crippen LogP contribution >= 0.6 is 0 Å². The van der Waals surface area contributed by atoms with Crippen LogP contribution in [0.25, 0.3) is 0 Å². The van der Waals surface area contributed by atoms with Gasteiger partial charge in [-0.05, 0) is 24.7 Å². The first-order valence-corrected chi connectivity index (χ1v) is 9.78. The molecule has 0 aliphatic heterocycles. The maximum absolute atomic E-state index is 4.31. The third-order valence-corrected chi connectivity index (χ3v) is 4.93. The highest BCUT2D eigenvalue weighted by molar-refractivity contribution is 4.69. The van der Waals surface area contributed by atoms with Gasteiger partial charge in [-0.25, -0.2) is 9.67 Å². The Balaban J connectivity index is 2.62. The van der Waals surface area contributed by atoms with Crippen molar-refractivity contribution in [2.45, 2.75) is 85.7 Å². The molecule has 1 unspecified atom stereocenters. The van der Waals surface area contributed by atoms with Gasteiger partial charge in [0.2, 0.25) is 0 Å². The van der Waals surface area contributed by atoms with Crippen molar-refractivity contribution >= 4 is 0 Å². The van der Waals surface area contributed by atoms with E-state index < -0.39 is 0 Å². The van der Waals surface area contributed by atoms with Crippen LogP contribution in [0.15, 0.2) is 12.7 Å². The van der Waals surface area contributed by atoms with Crippen molar-refractivity contribution in [1.29, 1.82) is 0 Å². The Morgan fingerprint density at radius 2 is 1.48 bits per heavy atom. The third kappa shape index (κ3) is 8.50. The van der Waals surface area contributed by atoms with Crippen LogP contribution in [0.3, 0.4) is 0 Å². The summed E-state index contributed by atoms with van der Waals surface area (Å²) in [4.78, 5) is 6.71. The summed E-state index contributed by atoms with van der Waals surface area (Å²) in [5.41, 5.74) is 0. The monoisotopic (exact) mass is 322 g/mol. The molecule has 0 saturated heterocycles. The lowest BCUT2D eigenvalue weighted by Crippen LogP contribution is -2.35. The van der Waals surface area contributed by atoms with Gasteiger partial charge in [-0.1, -0.05) is 66.2 Å². The van der Waals surface area contributed by atoms with E-state index in [1.165, 1.54) is 64.5 Å². The van der Waals surface area contributed by atoms with Gasteiger partial charge in [0.1, 0.15) is 12.7 Å². The lowest BCUT2D eigenvalue weighted by atomic mass is 9.96. The van der Waals surface area contributed by atoms with Gasteiger partial charge < -0.3 is 0 Å². The van der Waals surface area contributed by atoms with Crippen LogP contribution in [0.4, 0.5) is 0 Å². The lowest BCUT2D eigenvalue weighted by molar-refractivity contribution is 0.138. The summed E-state index contributed by atoms with van der Waals surface area (Å²) in [6, 6.07) is 0. The Morgan fingerprint density at radius 3 is 1.87 bits per heavy atom. The average molecular weight is 323 g/mol. The lowest BCUT2D eigenvalue weighted by Gasteiger charge is -2.30. The van der Waals surface area contributed by atoms with Crippen LogP contribution in [-0.2, 0) is 6.67 Å². The Morgan fingerprint density at radius 1 is 0.913 bits per heavy atom. The molecule has 0 spiro atoms. The summed E-state index contributed by atoms with van der Waals surface area (Å²) in [7, 11) is 0. The molecule has 0 N–H and O–H groups in total. The molecule has 1 aromatic rings. The van der Waals surface area contributed by atoms with Gasteiger partial charge in [-0.15, -0.1) is 0 Å². The number of nitrogens with zero attached hydrogens (tertiary/aromatic N) is 4. The third-order valence-electron chi connectivity index (χ3n) is 4.93. The Hall–Kier alpha value is -0.900. The van der Waals surface area contributed by atoms with E-state index in [1.807, 2.05) is 11.0 Å². The summed E-state index contributed by atoms with van der Waals surface area (Å²) >= 11 is 0. The fourth-order valence-electron chi connectivity index (χ4n) is 3.27. The maximum atomic E-state index is 4.31. The minimum absolute atomic E-state index is 0.808. The van der Waals surface area contributed by atoms with E-state index in [0.717, 1.165) is 18.5 Å². The summed E-state index contributed by atoms with van der Waals surface area (Å²) < 4.78 is 1.97. The van der Waals surface area contributed by atoms with Crippen LogP contribution in [0.1, 0.15) is 79.1 Å². The molecule has 134 valence electrons. The van der Waals surface area contributed by atoms with Gasteiger partial charge in [0.15, 0.2) is 0 Å². The zero-order chi connectivity index (χ0) is 16.9. The first kappa shape index (κ1) is 20.1. The molecular weight excluding hydrogens is 284 g/mol. The first-order valence-electron chi connectivity index (χ1n) is 9.78. The van der Waals surface area contributed by atoms with E-state index in [0.29, 0.717) is 0 Å². The zero-order valence-corrected chi connectivity index (χ0v) is 15.9. The van der Waals surface area contributed by atoms with Crippen molar-refractivity contribution in [2.75, 3.05) is 13.1 Å². The molecule has 1 rings (SSSR count). The van der Waals surface area contributed by atoms with Crippen molar-refractivity contribution in [3.8, 4) is 0 Å². The van der Waals surface area contributed by atoms with Crippen LogP contribution in [0.2, 0.25) is 0 Å². The normalized spacial score (nSPS) is 14.3. The predicted octanol–water partition coefficient (Wildman–Crippen LogP) is 4.97. The molecule has 0 saturated carbocycles. The molecule has 0 amide bonds. The van der Waals surface area contributed by atoms with Crippen LogP contribution in [-0.4, -0.2) is 32.8 Å². The number of rotatable bonds is 14. The molecule has 0 bridgehead atoms. The quantitative estimate of drug-likeness (QED) is 0.485. The molecular formula is C19H38N4. The predicted molar refractivity (Wildman–Crippen MR) is 98.2 cm³/mol. The number of unbranched alkanes of at least 4 members (excludes halogenated alkanes) is 2. The van der Waals surface area contributed by atoms with Crippen molar-refractivity contribution in [3.63, 3.8) is 0 Å². The molecule has 4 nitrogen and oxygen atoms in total. The smallest absolute Gasteiger partial charge is 0.137 e. The first-order chi connectivity index (χ1) is 11.2. The van der Waals surface area contributed by atoms with Crippen LogP contribution in [0, 0.1) is 11.8 Å². The zero-order valence-electron chi connectivity index (χ0n) is 15.9. The van der Waals surface area contributed by atoms with Crippen molar-refractivity contribution in [2.24, 2.45) is 11.8 Å². The molecule has 2 atom stereocenters. The highest BCUT2D eigenvalue weighted by atomic mass is 15.4. The Labute approximate surface area is 143 Å². The SMILES string of the molecule is CCCCC(CC)CN(C[C@@H](CC)CCCC)Cn1cncn1. The summed E-state index contributed by atoms with van der Waals surface area (Å²) in [6.45, 7) is 12.5. The summed E-state index contributed by atoms with van der Waals surface area (Å²) in [5, 5.41) is 4.31. The average Bonchev–Trinajstić information content (AvgIpc) is 3.07. The second-order valence-corrected chi connectivity index (χ2v) is 6.95. The Bertz CT molecular complexity index is 345. The van der Waals surface area contributed by atoms with Gasteiger partial charge in [0.05, 0.1) is 6.67 Å². The van der Waals surface area contributed by atoms with Crippen LogP contribution < -0.4 is 0 Å². The molecule has 0 aliphatic carbocycles. The summed E-state index contributed by atoms with van der Waals surface area (Å²) in [6.07, 6.45) is 14.0. The fraction of sp³-hybridized carbons (Fsp3) is 0.895. The van der Waals surface area contributed by atoms with Crippen molar-refractivity contribution < 1.29 is 0 Å². The number of aromatic nitrogens is 3. The van der Waals surface area contributed by atoms with Gasteiger partial charge in [-0.3, -0.25) is 4.90 Å². The molecule has 0 aliphatic rings. The molecule has 4 heteroatoms. The second kappa shape index (κ2) is 12.5. The van der Waals surface area contributed by atoms with E-state index in [4.69, 9.17) is 0 Å². The van der Waals surface area contributed by atoms with E-state index in [2.05, 4.69) is 42.7 Å².